The highest BCUT2D eigenvalue weighted by molar-refractivity contribution is 5.96. The van der Waals surface area contributed by atoms with Gasteiger partial charge >= 0.3 is 5.97 Å². The van der Waals surface area contributed by atoms with Gasteiger partial charge in [-0.15, -0.1) is 0 Å². The summed E-state index contributed by atoms with van der Waals surface area (Å²) < 4.78 is 10.4. The fourth-order valence-corrected chi connectivity index (χ4v) is 2.07. The molecule has 0 aromatic carbocycles. The highest BCUT2D eigenvalue weighted by Gasteiger charge is 2.30. The molecule has 7 nitrogen and oxygen atoms in total. The Morgan fingerprint density at radius 3 is 3.00 bits per heavy atom. The van der Waals surface area contributed by atoms with Crippen molar-refractivity contribution in [3.05, 3.63) is 24.0 Å². The van der Waals surface area contributed by atoms with Crippen molar-refractivity contribution in [1.82, 2.24) is 10.3 Å². The Morgan fingerprint density at radius 2 is 2.35 bits per heavy atom. The molecule has 7 heteroatoms. The molecule has 1 saturated heterocycles. The van der Waals surface area contributed by atoms with E-state index in [1.54, 1.807) is 6.07 Å². The first kappa shape index (κ1) is 14.3. The summed E-state index contributed by atoms with van der Waals surface area (Å²) in [7, 11) is 1.46. The number of carboxylic acids is 1. The van der Waals surface area contributed by atoms with E-state index in [0.717, 1.165) is 0 Å². The second-order valence-electron chi connectivity index (χ2n) is 4.45. The number of hydrogen-bond acceptors (Lipinski definition) is 5. The number of carbonyl (C=O) groups is 2. The van der Waals surface area contributed by atoms with E-state index in [-0.39, 0.29) is 18.6 Å². The first-order valence-electron chi connectivity index (χ1n) is 6.26. The van der Waals surface area contributed by atoms with E-state index >= 15 is 0 Å². The molecule has 108 valence electrons. The van der Waals surface area contributed by atoms with Crippen molar-refractivity contribution in [2.24, 2.45) is 0 Å². The predicted octanol–water partition coefficient (Wildman–Crippen LogP) is 0.452. The van der Waals surface area contributed by atoms with Gasteiger partial charge in [0.2, 0.25) is 0 Å². The molecule has 2 N–H and O–H groups in total. The fraction of sp³-hybridized carbons (Fsp3) is 0.462. The van der Waals surface area contributed by atoms with Crippen LogP contribution in [-0.2, 0) is 9.53 Å². The van der Waals surface area contributed by atoms with E-state index in [9.17, 15) is 9.59 Å². The Kier molecular flexibility index (Phi) is 4.52. The lowest BCUT2D eigenvalue weighted by molar-refractivity contribution is -0.149. The minimum atomic E-state index is -0.963. The van der Waals surface area contributed by atoms with Crippen molar-refractivity contribution < 1.29 is 24.2 Å². The van der Waals surface area contributed by atoms with Gasteiger partial charge in [0, 0.05) is 12.7 Å². The van der Waals surface area contributed by atoms with E-state index in [2.05, 4.69) is 10.3 Å². The Balaban J connectivity index is 1.88. The summed E-state index contributed by atoms with van der Waals surface area (Å²) in [6, 6.07) is 1.56. The zero-order valence-corrected chi connectivity index (χ0v) is 11.0. The van der Waals surface area contributed by atoms with Gasteiger partial charge < -0.3 is 19.9 Å². The minimum Gasteiger partial charge on any atom is -0.494 e. The number of aliphatic carboxylic acids is 1. The van der Waals surface area contributed by atoms with Crippen LogP contribution in [0.15, 0.2) is 18.5 Å². The molecular weight excluding hydrogens is 264 g/mol. The van der Waals surface area contributed by atoms with Crippen molar-refractivity contribution in [2.45, 2.75) is 25.0 Å². The SMILES string of the molecule is COc1cnccc1C(=O)NCC1CCC(C(=O)O)O1. The Hall–Kier alpha value is -2.15. The number of carbonyl (C=O) groups excluding carboxylic acids is 1. The van der Waals surface area contributed by atoms with Crippen LogP contribution in [-0.4, -0.2) is 47.8 Å². The van der Waals surface area contributed by atoms with Crippen LogP contribution in [0.3, 0.4) is 0 Å². The molecule has 0 saturated carbocycles. The second-order valence-corrected chi connectivity index (χ2v) is 4.45. The van der Waals surface area contributed by atoms with Gasteiger partial charge in [-0.3, -0.25) is 9.78 Å². The summed E-state index contributed by atoms with van der Waals surface area (Å²) in [5.74, 6) is -0.873. The third kappa shape index (κ3) is 3.24. The molecule has 1 fully saturated rings. The highest BCUT2D eigenvalue weighted by atomic mass is 16.5. The lowest BCUT2D eigenvalue weighted by Crippen LogP contribution is -2.33. The summed E-state index contributed by atoms with van der Waals surface area (Å²) in [4.78, 5) is 26.6. The quantitative estimate of drug-likeness (QED) is 0.812. The van der Waals surface area contributed by atoms with Crippen LogP contribution >= 0.6 is 0 Å². The number of nitrogens with one attached hydrogen (secondary N) is 1. The van der Waals surface area contributed by atoms with Crippen LogP contribution in [0.1, 0.15) is 23.2 Å². The van der Waals surface area contributed by atoms with Gasteiger partial charge in [-0.25, -0.2) is 4.79 Å². The number of methoxy groups -OCH3 is 1. The third-order valence-corrected chi connectivity index (χ3v) is 3.12. The molecule has 1 amide bonds. The molecule has 2 rings (SSSR count). The van der Waals surface area contributed by atoms with E-state index in [4.69, 9.17) is 14.6 Å². The average Bonchev–Trinajstić information content (AvgIpc) is 2.94. The number of ether oxygens (including phenoxy) is 2. The number of carboxylic acid groups (broad SMARTS) is 1. The molecule has 1 aromatic heterocycles. The number of aromatic nitrogens is 1. The van der Waals surface area contributed by atoms with E-state index < -0.39 is 12.1 Å². The van der Waals surface area contributed by atoms with Gasteiger partial charge in [-0.2, -0.15) is 0 Å². The highest BCUT2D eigenvalue weighted by Crippen LogP contribution is 2.20. The molecule has 1 aliphatic rings. The molecular formula is C13H16N2O5. The van der Waals surface area contributed by atoms with E-state index in [0.29, 0.717) is 24.2 Å². The molecule has 1 aromatic rings. The van der Waals surface area contributed by atoms with Gasteiger partial charge in [0.25, 0.3) is 5.91 Å². The largest absolute Gasteiger partial charge is 0.494 e. The topological polar surface area (TPSA) is 97.8 Å². The zero-order valence-electron chi connectivity index (χ0n) is 11.0. The van der Waals surface area contributed by atoms with Crippen molar-refractivity contribution in [2.75, 3.05) is 13.7 Å². The Bertz CT molecular complexity index is 505. The first-order chi connectivity index (χ1) is 9.61. The molecule has 1 aliphatic heterocycles. The molecule has 0 radical (unpaired) electrons. The summed E-state index contributed by atoms with van der Waals surface area (Å²) in [6.45, 7) is 0.272. The average molecular weight is 280 g/mol. The van der Waals surface area contributed by atoms with Crippen molar-refractivity contribution in [3.8, 4) is 5.75 Å². The minimum absolute atomic E-state index is 0.270. The molecule has 2 unspecified atom stereocenters. The van der Waals surface area contributed by atoms with Crippen LogP contribution in [0, 0.1) is 0 Å². The number of rotatable bonds is 5. The van der Waals surface area contributed by atoms with Gasteiger partial charge in [-0.1, -0.05) is 0 Å². The third-order valence-electron chi connectivity index (χ3n) is 3.12. The zero-order chi connectivity index (χ0) is 14.5. The predicted molar refractivity (Wildman–Crippen MR) is 68.7 cm³/mol. The monoisotopic (exact) mass is 280 g/mol. The molecule has 0 aliphatic carbocycles. The molecule has 2 heterocycles. The maximum Gasteiger partial charge on any atom is 0.332 e. The molecule has 0 spiro atoms. The summed E-state index contributed by atoms with van der Waals surface area (Å²) in [5, 5.41) is 11.5. The van der Waals surface area contributed by atoms with Crippen LogP contribution in [0.4, 0.5) is 0 Å². The lowest BCUT2D eigenvalue weighted by atomic mass is 10.2. The smallest absolute Gasteiger partial charge is 0.332 e. The maximum atomic E-state index is 12.0. The molecule has 0 bridgehead atoms. The normalized spacial score (nSPS) is 21.4. The first-order valence-corrected chi connectivity index (χ1v) is 6.26. The Labute approximate surface area is 115 Å². The summed E-state index contributed by atoms with van der Waals surface area (Å²) in [6.07, 6.45) is 3.00. The van der Waals surface area contributed by atoms with Gasteiger partial charge in [0.1, 0.15) is 5.75 Å². The van der Waals surface area contributed by atoms with Crippen molar-refractivity contribution >= 4 is 11.9 Å². The van der Waals surface area contributed by atoms with Crippen LogP contribution in [0.2, 0.25) is 0 Å². The molecule has 20 heavy (non-hydrogen) atoms. The Morgan fingerprint density at radius 1 is 1.55 bits per heavy atom. The number of pyridine rings is 1. The summed E-state index contributed by atoms with van der Waals surface area (Å²) >= 11 is 0. The summed E-state index contributed by atoms with van der Waals surface area (Å²) in [5.41, 5.74) is 0.385. The van der Waals surface area contributed by atoms with Crippen LogP contribution in [0.25, 0.3) is 0 Å². The van der Waals surface area contributed by atoms with Gasteiger partial charge in [0.15, 0.2) is 6.10 Å². The second kappa shape index (κ2) is 6.33. The van der Waals surface area contributed by atoms with Crippen molar-refractivity contribution in [3.63, 3.8) is 0 Å². The van der Waals surface area contributed by atoms with Gasteiger partial charge in [-0.05, 0) is 18.9 Å². The van der Waals surface area contributed by atoms with E-state index in [1.165, 1.54) is 19.5 Å². The lowest BCUT2D eigenvalue weighted by Gasteiger charge is -2.13. The maximum absolute atomic E-state index is 12.0. The van der Waals surface area contributed by atoms with Gasteiger partial charge in [0.05, 0.1) is 25.0 Å². The van der Waals surface area contributed by atoms with Crippen LogP contribution in [0.5, 0.6) is 5.75 Å². The standard InChI is InChI=1S/C13H16N2O5/c1-19-11-7-14-5-4-9(11)12(16)15-6-8-2-3-10(20-8)13(17)18/h4-5,7-8,10H,2-3,6H2,1H3,(H,15,16)(H,17,18). The van der Waals surface area contributed by atoms with E-state index in [1.807, 2.05) is 0 Å². The number of amides is 1. The van der Waals surface area contributed by atoms with Crippen LogP contribution < -0.4 is 10.1 Å². The fourth-order valence-electron chi connectivity index (χ4n) is 2.07. The van der Waals surface area contributed by atoms with Crippen molar-refractivity contribution in [1.29, 1.82) is 0 Å². The molecule has 2 atom stereocenters. The number of nitrogens with zero attached hydrogens (tertiary/aromatic N) is 1. The number of hydrogen-bond donors (Lipinski definition) is 2.